The normalized spacial score (nSPS) is 17.7. The third kappa shape index (κ3) is 6.53. The van der Waals surface area contributed by atoms with Gasteiger partial charge in [-0.3, -0.25) is 4.99 Å². The van der Waals surface area contributed by atoms with E-state index in [4.69, 9.17) is 5.73 Å². The molecule has 2 rings (SSSR count). The van der Waals surface area contributed by atoms with E-state index in [0.717, 1.165) is 6.42 Å². The molecule has 0 radical (unpaired) electrons. The predicted octanol–water partition coefficient (Wildman–Crippen LogP) is 2.37. The van der Waals surface area contributed by atoms with E-state index in [1.54, 1.807) is 11.3 Å². The quantitative estimate of drug-likeness (QED) is 0.339. The first-order chi connectivity index (χ1) is 11.7. The standard InChI is InChI=1S/C14H21F3N4O2S2.HI/c15-14(16,17)25(22,23)21-7-4-11(5-8-21)10-20-13(18)19-6-3-12-2-1-9-24-12;/h1-2,9,11H,3-8,10H2,(H3,18,19,20);1H. The maximum atomic E-state index is 12.5. The minimum atomic E-state index is -5.24. The van der Waals surface area contributed by atoms with Crippen molar-refractivity contribution in [2.24, 2.45) is 16.6 Å². The van der Waals surface area contributed by atoms with Gasteiger partial charge in [-0.25, -0.2) is 8.42 Å². The van der Waals surface area contributed by atoms with Gasteiger partial charge in [0.2, 0.25) is 0 Å². The van der Waals surface area contributed by atoms with Crippen molar-refractivity contribution in [2.75, 3.05) is 26.2 Å². The van der Waals surface area contributed by atoms with Gasteiger partial charge in [0.1, 0.15) is 0 Å². The summed E-state index contributed by atoms with van der Waals surface area (Å²) in [6, 6.07) is 4.01. The van der Waals surface area contributed by atoms with Crippen LogP contribution in [0.2, 0.25) is 0 Å². The molecule has 0 saturated carbocycles. The summed E-state index contributed by atoms with van der Waals surface area (Å²) in [7, 11) is -5.23. The van der Waals surface area contributed by atoms with E-state index >= 15 is 0 Å². The molecule has 1 aliphatic rings. The van der Waals surface area contributed by atoms with Crippen LogP contribution in [0.1, 0.15) is 17.7 Å². The van der Waals surface area contributed by atoms with Crippen LogP contribution in [-0.4, -0.2) is 50.4 Å². The molecule has 1 aromatic rings. The molecule has 0 unspecified atom stereocenters. The fourth-order valence-electron chi connectivity index (χ4n) is 2.53. The maximum absolute atomic E-state index is 12.5. The number of nitrogens with two attached hydrogens (primary N) is 1. The lowest BCUT2D eigenvalue weighted by Gasteiger charge is -2.30. The molecule has 0 aliphatic carbocycles. The Hall–Kier alpha value is -0.600. The van der Waals surface area contributed by atoms with Crippen molar-refractivity contribution in [1.29, 1.82) is 0 Å². The SMILES string of the molecule is I.NC(=NCC1CCN(S(=O)(=O)C(F)(F)F)CC1)NCCc1cccs1. The summed E-state index contributed by atoms with van der Waals surface area (Å²) in [6.07, 6.45) is 1.50. The highest BCUT2D eigenvalue weighted by atomic mass is 127. The number of rotatable bonds is 6. The molecule has 0 bridgehead atoms. The number of nitrogens with zero attached hydrogens (tertiary/aromatic N) is 2. The van der Waals surface area contributed by atoms with Crippen molar-refractivity contribution >= 4 is 51.3 Å². The average Bonchev–Trinajstić information content (AvgIpc) is 3.05. The Labute approximate surface area is 172 Å². The summed E-state index contributed by atoms with van der Waals surface area (Å²) in [5.41, 5.74) is 0.530. The molecule has 0 aromatic carbocycles. The second kappa shape index (κ2) is 10.1. The molecule has 12 heteroatoms. The number of hydrogen-bond acceptors (Lipinski definition) is 4. The van der Waals surface area contributed by atoms with Crippen LogP contribution in [0.15, 0.2) is 22.5 Å². The minimum Gasteiger partial charge on any atom is -0.370 e. The number of halogens is 4. The lowest BCUT2D eigenvalue weighted by Crippen LogP contribution is -2.45. The van der Waals surface area contributed by atoms with Crippen LogP contribution in [0.5, 0.6) is 0 Å². The van der Waals surface area contributed by atoms with Gasteiger partial charge in [0.25, 0.3) is 0 Å². The van der Waals surface area contributed by atoms with Gasteiger partial charge in [-0.05, 0) is 36.6 Å². The number of thiophene rings is 1. The molecule has 150 valence electrons. The largest absolute Gasteiger partial charge is 0.511 e. The lowest BCUT2D eigenvalue weighted by atomic mass is 9.98. The zero-order valence-electron chi connectivity index (χ0n) is 13.9. The van der Waals surface area contributed by atoms with Gasteiger partial charge in [0.05, 0.1) is 0 Å². The Morgan fingerprint density at radius 1 is 1.38 bits per heavy atom. The lowest BCUT2D eigenvalue weighted by molar-refractivity contribution is -0.0496. The smallest absolute Gasteiger partial charge is 0.370 e. The van der Waals surface area contributed by atoms with Gasteiger partial charge in [-0.1, -0.05) is 6.07 Å². The Morgan fingerprint density at radius 2 is 2.04 bits per heavy atom. The van der Waals surface area contributed by atoms with Crippen LogP contribution in [-0.2, 0) is 16.4 Å². The van der Waals surface area contributed by atoms with E-state index in [1.807, 2.05) is 17.5 Å². The maximum Gasteiger partial charge on any atom is 0.511 e. The zero-order valence-corrected chi connectivity index (χ0v) is 17.9. The topological polar surface area (TPSA) is 87.8 Å². The Kier molecular flexibility index (Phi) is 9.09. The third-order valence-corrected chi connectivity index (χ3v) is 6.55. The van der Waals surface area contributed by atoms with Gasteiger partial charge in [0.15, 0.2) is 5.96 Å². The van der Waals surface area contributed by atoms with E-state index in [0.29, 0.717) is 36.2 Å². The average molecular weight is 526 g/mol. The number of alkyl halides is 3. The number of nitrogens with one attached hydrogen (secondary N) is 1. The van der Waals surface area contributed by atoms with E-state index in [-0.39, 0.29) is 43.0 Å². The molecule has 1 saturated heterocycles. The van der Waals surface area contributed by atoms with Crippen LogP contribution in [0.3, 0.4) is 0 Å². The first kappa shape index (κ1) is 23.4. The summed E-state index contributed by atoms with van der Waals surface area (Å²) in [4.78, 5) is 5.43. The monoisotopic (exact) mass is 526 g/mol. The fourth-order valence-corrected chi connectivity index (χ4v) is 4.22. The molecule has 2 heterocycles. The summed E-state index contributed by atoms with van der Waals surface area (Å²) < 4.78 is 60.7. The Bertz CT molecular complexity index is 673. The fraction of sp³-hybridized carbons (Fsp3) is 0.643. The highest BCUT2D eigenvalue weighted by Crippen LogP contribution is 2.30. The van der Waals surface area contributed by atoms with Crippen molar-refractivity contribution in [3.05, 3.63) is 22.4 Å². The summed E-state index contributed by atoms with van der Waals surface area (Å²) in [6.45, 7) is 0.733. The molecule has 1 aromatic heterocycles. The summed E-state index contributed by atoms with van der Waals surface area (Å²) in [5, 5.41) is 4.99. The van der Waals surface area contributed by atoms with Crippen molar-refractivity contribution in [3.63, 3.8) is 0 Å². The van der Waals surface area contributed by atoms with E-state index in [1.165, 1.54) is 4.88 Å². The van der Waals surface area contributed by atoms with Crippen LogP contribution in [0.4, 0.5) is 13.2 Å². The number of hydrogen-bond donors (Lipinski definition) is 2. The molecule has 1 fully saturated rings. The van der Waals surface area contributed by atoms with Crippen LogP contribution < -0.4 is 11.1 Å². The first-order valence-electron chi connectivity index (χ1n) is 7.82. The number of sulfonamides is 1. The summed E-state index contributed by atoms with van der Waals surface area (Å²) >= 11 is 1.66. The molecule has 0 spiro atoms. The predicted molar refractivity (Wildman–Crippen MR) is 107 cm³/mol. The molecule has 0 amide bonds. The minimum absolute atomic E-state index is 0. The second-order valence-electron chi connectivity index (χ2n) is 5.78. The molecule has 0 atom stereocenters. The zero-order chi connectivity index (χ0) is 18.5. The van der Waals surface area contributed by atoms with Gasteiger partial charge < -0.3 is 11.1 Å². The molecule has 6 nitrogen and oxygen atoms in total. The van der Waals surface area contributed by atoms with E-state index < -0.39 is 15.5 Å². The highest BCUT2D eigenvalue weighted by Gasteiger charge is 2.50. The van der Waals surface area contributed by atoms with Crippen LogP contribution >= 0.6 is 35.3 Å². The van der Waals surface area contributed by atoms with Crippen LogP contribution in [0, 0.1) is 5.92 Å². The second-order valence-corrected chi connectivity index (χ2v) is 8.74. The van der Waals surface area contributed by atoms with Crippen LogP contribution in [0.25, 0.3) is 0 Å². The van der Waals surface area contributed by atoms with Crippen molar-refractivity contribution in [2.45, 2.75) is 24.8 Å². The third-order valence-electron chi connectivity index (χ3n) is 3.98. The van der Waals surface area contributed by atoms with Gasteiger partial charge in [0, 0.05) is 31.1 Å². The van der Waals surface area contributed by atoms with Gasteiger partial charge in [-0.2, -0.15) is 17.5 Å². The molecule has 3 N–H and O–H groups in total. The first-order valence-corrected chi connectivity index (χ1v) is 10.1. The van der Waals surface area contributed by atoms with E-state index in [2.05, 4.69) is 10.3 Å². The highest BCUT2D eigenvalue weighted by molar-refractivity contribution is 14.0. The Morgan fingerprint density at radius 3 is 2.58 bits per heavy atom. The number of aliphatic imine (C=N–C) groups is 1. The van der Waals surface area contributed by atoms with E-state index in [9.17, 15) is 21.6 Å². The van der Waals surface area contributed by atoms with Gasteiger partial charge >= 0.3 is 15.5 Å². The number of piperidine rings is 1. The molecule has 26 heavy (non-hydrogen) atoms. The van der Waals surface area contributed by atoms with Crippen molar-refractivity contribution in [3.8, 4) is 0 Å². The molecular weight excluding hydrogens is 504 g/mol. The number of guanidine groups is 1. The summed E-state index contributed by atoms with van der Waals surface area (Å²) in [5.74, 6) is 0.319. The van der Waals surface area contributed by atoms with Crippen molar-refractivity contribution in [1.82, 2.24) is 9.62 Å². The molecule has 1 aliphatic heterocycles. The molecular formula is C14H22F3IN4O2S2. The Balaban J connectivity index is 0.00000338. The van der Waals surface area contributed by atoms with Crippen molar-refractivity contribution < 1.29 is 21.6 Å². The van der Waals surface area contributed by atoms with Gasteiger partial charge in [-0.15, -0.1) is 35.3 Å².